The number of rotatable bonds is 2. The SMILES string of the molecule is C=CC(=O)N1CCN2c3c(cnc4cc(-c5c(C)ccc6[nH]ncc56)c(Cl)cc34)OC[C@@H]2C1. The molecular formula is C25H22ClN5O2. The number of hydrogen-bond acceptors (Lipinski definition) is 5. The molecular weight excluding hydrogens is 438 g/mol. The van der Waals surface area contributed by atoms with E-state index in [4.69, 9.17) is 21.3 Å². The highest BCUT2D eigenvalue weighted by molar-refractivity contribution is 6.35. The first-order valence-electron chi connectivity index (χ1n) is 10.9. The first-order chi connectivity index (χ1) is 16.0. The number of hydrogen-bond donors (Lipinski definition) is 1. The number of nitrogens with zero attached hydrogens (tertiary/aromatic N) is 4. The van der Waals surface area contributed by atoms with Crippen LogP contribution in [0.15, 0.2) is 49.3 Å². The molecule has 4 heterocycles. The first-order valence-corrected chi connectivity index (χ1v) is 11.3. The highest BCUT2D eigenvalue weighted by atomic mass is 35.5. The number of H-pyrrole nitrogens is 1. The van der Waals surface area contributed by atoms with Crippen molar-refractivity contribution in [2.75, 3.05) is 31.1 Å². The van der Waals surface area contributed by atoms with Crippen molar-refractivity contribution in [2.24, 2.45) is 0 Å². The average Bonchev–Trinajstić information content (AvgIpc) is 3.31. The standard InChI is InChI=1S/C25H22ClN5O2/c1-3-23(32)30-6-7-31-15(12-30)13-33-22-11-27-21-9-16(19(26)8-17(21)25(22)31)24-14(2)4-5-20-18(24)10-28-29-20/h3-5,8-11,15H,1,6-7,12-13H2,2H3,(H,28,29)/t15-/m0/s1. The summed E-state index contributed by atoms with van der Waals surface area (Å²) in [5.41, 5.74) is 5.91. The van der Waals surface area contributed by atoms with E-state index in [9.17, 15) is 4.79 Å². The number of nitrogens with one attached hydrogen (secondary N) is 1. The summed E-state index contributed by atoms with van der Waals surface area (Å²) in [5, 5.41) is 9.87. The maximum absolute atomic E-state index is 12.1. The van der Waals surface area contributed by atoms with Crippen molar-refractivity contribution in [2.45, 2.75) is 13.0 Å². The Morgan fingerprint density at radius 2 is 2.15 bits per heavy atom. The summed E-state index contributed by atoms with van der Waals surface area (Å²) in [5.74, 6) is 0.704. The van der Waals surface area contributed by atoms with Gasteiger partial charge in [0.15, 0.2) is 5.75 Å². The Hall–Kier alpha value is -3.58. The lowest BCUT2D eigenvalue weighted by Gasteiger charge is -2.45. The van der Waals surface area contributed by atoms with Crippen LogP contribution in [0.1, 0.15) is 5.56 Å². The van der Waals surface area contributed by atoms with E-state index in [1.807, 2.05) is 29.3 Å². The number of carbonyl (C=O) groups excluding carboxylic acids is 1. The molecule has 1 amide bonds. The number of carbonyl (C=O) groups is 1. The minimum Gasteiger partial charge on any atom is -0.488 e. The minimum absolute atomic E-state index is 0.0449. The number of fused-ring (bicyclic) bond motifs is 6. The van der Waals surface area contributed by atoms with Crippen LogP contribution < -0.4 is 9.64 Å². The molecule has 7 nitrogen and oxygen atoms in total. The number of piperazine rings is 1. The molecule has 1 atom stereocenters. The number of aromatic amines is 1. The summed E-state index contributed by atoms with van der Waals surface area (Å²) >= 11 is 6.90. The molecule has 0 radical (unpaired) electrons. The number of halogens is 1. The molecule has 2 aromatic carbocycles. The monoisotopic (exact) mass is 459 g/mol. The van der Waals surface area contributed by atoms with Gasteiger partial charge in [-0.25, -0.2) is 0 Å². The molecule has 6 rings (SSSR count). The van der Waals surface area contributed by atoms with E-state index >= 15 is 0 Å². The Bertz CT molecular complexity index is 1450. The average molecular weight is 460 g/mol. The molecule has 0 bridgehead atoms. The highest BCUT2D eigenvalue weighted by Crippen LogP contribution is 2.44. The van der Waals surface area contributed by atoms with Gasteiger partial charge in [-0.15, -0.1) is 0 Å². The molecule has 33 heavy (non-hydrogen) atoms. The normalized spacial score (nSPS) is 17.6. The van der Waals surface area contributed by atoms with Gasteiger partial charge >= 0.3 is 0 Å². The largest absolute Gasteiger partial charge is 0.488 e. The van der Waals surface area contributed by atoms with E-state index in [0.29, 0.717) is 31.3 Å². The second-order valence-corrected chi connectivity index (χ2v) is 8.96. The van der Waals surface area contributed by atoms with Gasteiger partial charge in [0.05, 0.1) is 35.2 Å². The molecule has 0 saturated carbocycles. The van der Waals surface area contributed by atoms with Gasteiger partial charge in [-0.05, 0) is 42.3 Å². The maximum atomic E-state index is 12.1. The topological polar surface area (TPSA) is 74.4 Å². The quantitative estimate of drug-likeness (QED) is 0.451. The van der Waals surface area contributed by atoms with Crippen LogP contribution in [0.2, 0.25) is 5.02 Å². The van der Waals surface area contributed by atoms with Crippen molar-refractivity contribution in [1.82, 2.24) is 20.1 Å². The summed E-state index contributed by atoms with van der Waals surface area (Å²) in [4.78, 5) is 21.0. The predicted octanol–water partition coefficient (Wildman–Crippen LogP) is 4.34. The van der Waals surface area contributed by atoms with Crippen LogP contribution in [-0.2, 0) is 4.79 Å². The van der Waals surface area contributed by atoms with Crippen molar-refractivity contribution in [3.8, 4) is 16.9 Å². The van der Waals surface area contributed by atoms with Gasteiger partial charge in [-0.2, -0.15) is 5.10 Å². The third-order valence-corrected chi connectivity index (χ3v) is 7.00. The molecule has 2 aliphatic heterocycles. The Balaban J connectivity index is 1.48. The van der Waals surface area contributed by atoms with Gasteiger partial charge < -0.3 is 14.5 Å². The van der Waals surface area contributed by atoms with Gasteiger partial charge in [0.1, 0.15) is 6.61 Å². The van der Waals surface area contributed by atoms with Gasteiger partial charge in [-0.3, -0.25) is 14.9 Å². The lowest BCUT2D eigenvalue weighted by molar-refractivity contribution is -0.127. The number of aryl methyl sites for hydroxylation is 1. The molecule has 2 aliphatic rings. The fourth-order valence-electron chi connectivity index (χ4n) is 5.07. The summed E-state index contributed by atoms with van der Waals surface area (Å²) < 4.78 is 6.06. The predicted molar refractivity (Wildman–Crippen MR) is 130 cm³/mol. The Labute approximate surface area is 195 Å². The molecule has 1 fully saturated rings. The molecule has 0 aliphatic carbocycles. The zero-order chi connectivity index (χ0) is 22.7. The Morgan fingerprint density at radius 3 is 3.00 bits per heavy atom. The number of anilines is 1. The van der Waals surface area contributed by atoms with Gasteiger partial charge in [-0.1, -0.05) is 24.2 Å². The Morgan fingerprint density at radius 1 is 1.27 bits per heavy atom. The first kappa shape index (κ1) is 20.1. The fourth-order valence-corrected chi connectivity index (χ4v) is 5.32. The van der Waals surface area contributed by atoms with E-state index in [-0.39, 0.29) is 11.9 Å². The number of pyridine rings is 1. The summed E-state index contributed by atoms with van der Waals surface area (Å²) in [6.07, 6.45) is 5.00. The zero-order valence-corrected chi connectivity index (χ0v) is 18.9. The van der Waals surface area contributed by atoms with Crippen LogP contribution in [0.4, 0.5) is 5.69 Å². The molecule has 1 saturated heterocycles. The molecule has 8 heteroatoms. The second-order valence-electron chi connectivity index (χ2n) is 8.56. The lowest BCUT2D eigenvalue weighted by atomic mass is 9.95. The number of ether oxygens (including phenoxy) is 1. The van der Waals surface area contributed by atoms with Crippen molar-refractivity contribution in [3.63, 3.8) is 0 Å². The zero-order valence-electron chi connectivity index (χ0n) is 18.1. The summed E-state index contributed by atoms with van der Waals surface area (Å²) in [6.45, 7) is 8.15. The van der Waals surface area contributed by atoms with Gasteiger partial charge in [0.2, 0.25) is 5.91 Å². The van der Waals surface area contributed by atoms with Crippen LogP contribution in [0.25, 0.3) is 32.9 Å². The highest BCUT2D eigenvalue weighted by Gasteiger charge is 2.35. The molecule has 2 aromatic heterocycles. The molecule has 1 N–H and O–H groups in total. The molecule has 166 valence electrons. The van der Waals surface area contributed by atoms with Crippen molar-refractivity contribution in [3.05, 3.63) is 59.9 Å². The van der Waals surface area contributed by atoms with E-state index < -0.39 is 0 Å². The number of aromatic nitrogens is 3. The minimum atomic E-state index is -0.0449. The van der Waals surface area contributed by atoms with Crippen LogP contribution in [0.5, 0.6) is 5.75 Å². The fraction of sp³-hybridized carbons (Fsp3) is 0.240. The molecule has 4 aromatic rings. The van der Waals surface area contributed by atoms with Crippen LogP contribution in [0.3, 0.4) is 0 Å². The third-order valence-electron chi connectivity index (χ3n) is 6.68. The number of benzene rings is 2. The van der Waals surface area contributed by atoms with Crippen molar-refractivity contribution < 1.29 is 9.53 Å². The van der Waals surface area contributed by atoms with E-state index in [1.165, 1.54) is 6.08 Å². The van der Waals surface area contributed by atoms with Crippen LogP contribution in [-0.4, -0.2) is 58.3 Å². The van der Waals surface area contributed by atoms with Crippen LogP contribution in [0, 0.1) is 6.92 Å². The summed E-state index contributed by atoms with van der Waals surface area (Å²) in [7, 11) is 0. The van der Waals surface area contributed by atoms with E-state index in [1.54, 1.807) is 6.20 Å². The Kier molecular flexibility index (Phi) is 4.55. The summed E-state index contributed by atoms with van der Waals surface area (Å²) in [6, 6.07) is 8.20. The van der Waals surface area contributed by atoms with E-state index in [2.05, 4.69) is 34.7 Å². The van der Waals surface area contributed by atoms with E-state index in [0.717, 1.165) is 49.9 Å². The lowest BCUT2D eigenvalue weighted by Crippen LogP contribution is -2.58. The molecule has 0 unspecified atom stereocenters. The third kappa shape index (κ3) is 3.07. The van der Waals surface area contributed by atoms with Crippen LogP contribution >= 0.6 is 11.6 Å². The number of amides is 1. The maximum Gasteiger partial charge on any atom is 0.246 e. The van der Waals surface area contributed by atoms with Gasteiger partial charge in [0, 0.05) is 41.0 Å². The second kappa shape index (κ2) is 7.49. The van der Waals surface area contributed by atoms with Crippen molar-refractivity contribution >= 4 is 45.0 Å². The van der Waals surface area contributed by atoms with Crippen molar-refractivity contribution in [1.29, 1.82) is 0 Å². The smallest absolute Gasteiger partial charge is 0.246 e. The molecule has 0 spiro atoms. The van der Waals surface area contributed by atoms with Gasteiger partial charge in [0.25, 0.3) is 0 Å².